The summed E-state index contributed by atoms with van der Waals surface area (Å²) in [6, 6.07) is 1.49. The van der Waals surface area contributed by atoms with Crippen molar-refractivity contribution in [2.45, 2.75) is 6.18 Å². The fourth-order valence-electron chi connectivity index (χ4n) is 1.52. The van der Waals surface area contributed by atoms with Gasteiger partial charge in [-0.25, -0.2) is 0 Å². The number of benzene rings is 1. The summed E-state index contributed by atoms with van der Waals surface area (Å²) in [5, 5.41) is 7.30. The molecule has 0 fully saturated rings. The lowest BCUT2D eigenvalue weighted by Gasteiger charge is -2.11. The molecule has 0 aliphatic carbocycles. The Hall–Kier alpha value is -1.86. The van der Waals surface area contributed by atoms with E-state index in [-0.39, 0.29) is 15.7 Å². The number of nitrogens with zero attached hydrogens (tertiary/aromatic N) is 3. The van der Waals surface area contributed by atoms with Gasteiger partial charge in [0.05, 0.1) is 21.8 Å². The summed E-state index contributed by atoms with van der Waals surface area (Å²) in [5.74, 6) is 0. The van der Waals surface area contributed by atoms with E-state index in [1.165, 1.54) is 18.3 Å². The van der Waals surface area contributed by atoms with Gasteiger partial charge in [-0.3, -0.25) is 4.79 Å². The number of rotatable bonds is 3. The summed E-state index contributed by atoms with van der Waals surface area (Å²) in [6.45, 7) is 0. The highest BCUT2D eigenvalue weighted by molar-refractivity contribution is 6.37. The maximum atomic E-state index is 12.6. The van der Waals surface area contributed by atoms with Crippen LogP contribution in [0.2, 0.25) is 10.0 Å². The fourth-order valence-corrected chi connectivity index (χ4v) is 2.16. The molecule has 0 N–H and O–H groups in total. The molecule has 9 heteroatoms. The predicted octanol–water partition coefficient (Wildman–Crippen LogP) is 3.81. The molecule has 0 unspecified atom stereocenters. The molecule has 0 radical (unpaired) electrons. The van der Waals surface area contributed by atoms with Crippen molar-refractivity contribution in [2.75, 3.05) is 0 Å². The zero-order chi connectivity index (χ0) is 15.6. The molecular weight excluding hydrogens is 330 g/mol. The lowest BCUT2D eigenvalue weighted by molar-refractivity contribution is -0.137. The number of carbonyl (C=O) groups is 1. The Balaban J connectivity index is 2.47. The van der Waals surface area contributed by atoms with E-state index in [1.54, 1.807) is 0 Å². The van der Waals surface area contributed by atoms with Gasteiger partial charge in [0.2, 0.25) is 0 Å². The van der Waals surface area contributed by atoms with Crippen LogP contribution < -0.4 is 0 Å². The smallest absolute Gasteiger partial charge is 0.299 e. The van der Waals surface area contributed by atoms with Gasteiger partial charge in [-0.15, -0.1) is 9.90 Å². The van der Waals surface area contributed by atoms with Gasteiger partial charge in [-0.05, 0) is 24.3 Å². The molecule has 110 valence electrons. The lowest BCUT2D eigenvalue weighted by Crippen LogP contribution is -2.07. The molecule has 1 aromatic carbocycles. The molecule has 1 aromatic heterocycles. The normalized spacial score (nSPS) is 12.0. The van der Waals surface area contributed by atoms with E-state index >= 15 is 0 Å². The van der Waals surface area contributed by atoms with Gasteiger partial charge >= 0.3 is 6.18 Å². The van der Waals surface area contributed by atoms with Gasteiger partial charge < -0.3 is 0 Å². The molecular formula is C12H6Cl2F3N3O. The number of allylic oxidation sites excluding steroid dienone is 1. The van der Waals surface area contributed by atoms with Gasteiger partial charge in [0.1, 0.15) is 17.7 Å². The fraction of sp³-hybridized carbons (Fsp3) is 0.0833. The van der Waals surface area contributed by atoms with Crippen LogP contribution in [0.3, 0.4) is 0 Å². The Morgan fingerprint density at radius 2 is 1.81 bits per heavy atom. The summed E-state index contributed by atoms with van der Waals surface area (Å²) in [4.78, 5) is 11.2. The van der Waals surface area contributed by atoms with Crippen molar-refractivity contribution >= 4 is 35.6 Å². The van der Waals surface area contributed by atoms with Crippen LogP contribution in [0.5, 0.6) is 0 Å². The monoisotopic (exact) mass is 335 g/mol. The van der Waals surface area contributed by atoms with Crippen molar-refractivity contribution in [3.63, 3.8) is 0 Å². The summed E-state index contributed by atoms with van der Waals surface area (Å²) >= 11 is 11.7. The number of aromatic nitrogens is 3. The molecule has 0 saturated carbocycles. The van der Waals surface area contributed by atoms with Crippen molar-refractivity contribution < 1.29 is 18.0 Å². The average Bonchev–Trinajstić information content (AvgIpc) is 2.83. The molecule has 1 heterocycles. The highest BCUT2D eigenvalue weighted by atomic mass is 35.5. The zero-order valence-electron chi connectivity index (χ0n) is 10.1. The Bertz CT molecular complexity index is 687. The van der Waals surface area contributed by atoms with Gasteiger partial charge in [0.25, 0.3) is 0 Å². The quantitative estimate of drug-likeness (QED) is 0.633. The van der Waals surface area contributed by atoms with E-state index < -0.39 is 11.7 Å². The molecule has 0 bridgehead atoms. The van der Waals surface area contributed by atoms with Crippen molar-refractivity contribution in [1.82, 2.24) is 15.0 Å². The Morgan fingerprint density at radius 1 is 1.19 bits per heavy atom. The van der Waals surface area contributed by atoms with E-state index in [0.717, 1.165) is 16.9 Å². The third kappa shape index (κ3) is 3.43. The van der Waals surface area contributed by atoms with E-state index in [0.29, 0.717) is 12.0 Å². The van der Waals surface area contributed by atoms with Crippen molar-refractivity contribution in [3.05, 3.63) is 45.7 Å². The third-order valence-electron chi connectivity index (χ3n) is 2.40. The van der Waals surface area contributed by atoms with Crippen LogP contribution in [-0.2, 0) is 11.0 Å². The number of alkyl halides is 3. The van der Waals surface area contributed by atoms with Gasteiger partial charge in [-0.2, -0.15) is 18.3 Å². The van der Waals surface area contributed by atoms with Crippen molar-refractivity contribution in [3.8, 4) is 5.69 Å². The first-order chi connectivity index (χ1) is 9.82. The first kappa shape index (κ1) is 15.5. The Labute approximate surface area is 126 Å². The standard InChI is InChI=1S/C12H6Cl2F3N3O/c13-9-4-7(12(15,16)17)5-10(14)11(9)20-18-6-8(19-20)2-1-3-21/h1-6H. The predicted molar refractivity (Wildman–Crippen MR) is 71.5 cm³/mol. The van der Waals surface area contributed by atoms with Crippen LogP contribution in [0, 0.1) is 0 Å². The summed E-state index contributed by atoms with van der Waals surface area (Å²) in [6.07, 6.45) is -0.116. The summed E-state index contributed by atoms with van der Waals surface area (Å²) in [5.41, 5.74) is -0.610. The van der Waals surface area contributed by atoms with Gasteiger partial charge in [0.15, 0.2) is 0 Å². The van der Waals surface area contributed by atoms with Crippen LogP contribution in [0.25, 0.3) is 11.8 Å². The lowest BCUT2D eigenvalue weighted by atomic mass is 10.2. The van der Waals surface area contributed by atoms with Crippen LogP contribution >= 0.6 is 23.2 Å². The summed E-state index contributed by atoms with van der Waals surface area (Å²) in [7, 11) is 0. The second-order valence-corrected chi connectivity index (χ2v) is 4.65. The minimum absolute atomic E-state index is 0.0251. The number of aldehydes is 1. The average molecular weight is 336 g/mol. The van der Waals surface area contributed by atoms with Crippen LogP contribution in [0.1, 0.15) is 11.3 Å². The maximum Gasteiger partial charge on any atom is 0.416 e. The van der Waals surface area contributed by atoms with E-state index in [9.17, 15) is 18.0 Å². The zero-order valence-corrected chi connectivity index (χ0v) is 11.6. The Kier molecular flexibility index (Phi) is 4.34. The highest BCUT2D eigenvalue weighted by Crippen LogP contribution is 2.37. The molecule has 0 amide bonds. The molecule has 0 saturated heterocycles. The molecule has 0 aliphatic rings. The minimum atomic E-state index is -4.55. The first-order valence-electron chi connectivity index (χ1n) is 5.43. The van der Waals surface area contributed by atoms with Crippen LogP contribution in [-0.4, -0.2) is 21.3 Å². The SMILES string of the molecule is O=CC=Cc1cnn(-c2c(Cl)cc(C(F)(F)F)cc2Cl)n1. The number of halogens is 5. The minimum Gasteiger partial charge on any atom is -0.299 e. The Morgan fingerprint density at radius 3 is 2.33 bits per heavy atom. The highest BCUT2D eigenvalue weighted by Gasteiger charge is 2.32. The number of hydrogen-bond acceptors (Lipinski definition) is 3. The molecule has 2 rings (SSSR count). The molecule has 2 aromatic rings. The molecule has 0 atom stereocenters. The first-order valence-corrected chi connectivity index (χ1v) is 6.19. The molecule has 0 spiro atoms. The van der Waals surface area contributed by atoms with Crippen molar-refractivity contribution in [1.29, 1.82) is 0 Å². The second-order valence-electron chi connectivity index (χ2n) is 3.84. The topological polar surface area (TPSA) is 47.8 Å². The van der Waals surface area contributed by atoms with Gasteiger partial charge in [-0.1, -0.05) is 23.2 Å². The molecule has 4 nitrogen and oxygen atoms in total. The molecule has 0 aliphatic heterocycles. The summed E-state index contributed by atoms with van der Waals surface area (Å²) < 4.78 is 37.9. The van der Waals surface area contributed by atoms with Crippen LogP contribution in [0.4, 0.5) is 13.2 Å². The van der Waals surface area contributed by atoms with E-state index in [4.69, 9.17) is 23.2 Å². The number of carbonyl (C=O) groups excluding carboxylic acids is 1. The largest absolute Gasteiger partial charge is 0.416 e. The number of hydrogen-bond donors (Lipinski definition) is 0. The van der Waals surface area contributed by atoms with Crippen LogP contribution in [0.15, 0.2) is 24.4 Å². The van der Waals surface area contributed by atoms with Crippen molar-refractivity contribution in [2.24, 2.45) is 0 Å². The third-order valence-corrected chi connectivity index (χ3v) is 2.98. The molecule has 21 heavy (non-hydrogen) atoms. The van der Waals surface area contributed by atoms with Gasteiger partial charge in [0, 0.05) is 0 Å². The second kappa shape index (κ2) is 5.87. The van der Waals surface area contributed by atoms with E-state index in [2.05, 4.69) is 10.2 Å². The maximum absolute atomic E-state index is 12.6. The van der Waals surface area contributed by atoms with E-state index in [1.807, 2.05) is 0 Å².